The van der Waals surface area contributed by atoms with Crippen molar-refractivity contribution in [1.29, 1.82) is 0 Å². The maximum Gasteiger partial charge on any atom is 0.139 e. The third-order valence-corrected chi connectivity index (χ3v) is 7.23. The normalized spacial score (nSPS) is 17.8. The zero-order valence-corrected chi connectivity index (χ0v) is 18.8. The van der Waals surface area contributed by atoms with Crippen LogP contribution in [0.3, 0.4) is 0 Å². The lowest BCUT2D eigenvalue weighted by Gasteiger charge is -2.36. The topological polar surface area (TPSA) is 39.7 Å². The summed E-state index contributed by atoms with van der Waals surface area (Å²) in [5, 5.41) is 8.13. The molecule has 0 spiro atoms. The zero-order valence-electron chi connectivity index (χ0n) is 18.0. The number of hydrogen-bond acceptors (Lipinski definition) is 5. The van der Waals surface area contributed by atoms with E-state index >= 15 is 0 Å². The summed E-state index contributed by atoms with van der Waals surface area (Å²) in [7, 11) is 0. The molecule has 3 aromatic rings. The van der Waals surface area contributed by atoms with Gasteiger partial charge in [-0.2, -0.15) is 0 Å². The summed E-state index contributed by atoms with van der Waals surface area (Å²) in [6.45, 7) is 4.63. The van der Waals surface area contributed by atoms with E-state index in [1.54, 1.807) is 29.5 Å². The molecule has 166 valence electrons. The Kier molecular flexibility index (Phi) is 5.93. The molecule has 1 unspecified atom stereocenters. The fourth-order valence-corrected chi connectivity index (χ4v) is 5.36. The van der Waals surface area contributed by atoms with Crippen LogP contribution in [0, 0.1) is 11.6 Å². The third-order valence-electron chi connectivity index (χ3n) is 6.03. The van der Waals surface area contributed by atoms with Gasteiger partial charge in [0.1, 0.15) is 22.5 Å². The summed E-state index contributed by atoms with van der Waals surface area (Å²) >= 11 is 1.73. The lowest BCUT2D eigenvalue weighted by molar-refractivity contribution is 0.282. The first-order valence-corrected chi connectivity index (χ1v) is 11.9. The highest BCUT2D eigenvalue weighted by Gasteiger charge is 2.28. The Bertz CT molecular complexity index is 1160. The standard InChI is InChI=1S/C25H26F2N4S/c1-2-20-14-21-24(29-23-13-18(27)7-9-22(23)30-25(21)32-20)31-11-10-28-19(15-31)8-6-16-4-3-5-17(26)12-16/h3-5,7,9,12-14,19,28,30H,2,6,8,10-11,15H2,1H3. The van der Waals surface area contributed by atoms with Crippen molar-refractivity contribution in [2.24, 2.45) is 4.99 Å². The summed E-state index contributed by atoms with van der Waals surface area (Å²) in [4.78, 5) is 8.54. The van der Waals surface area contributed by atoms with Crippen molar-refractivity contribution in [2.45, 2.75) is 32.2 Å². The van der Waals surface area contributed by atoms with Gasteiger partial charge in [0.2, 0.25) is 0 Å². The highest BCUT2D eigenvalue weighted by atomic mass is 32.1. The van der Waals surface area contributed by atoms with Crippen molar-refractivity contribution in [3.05, 3.63) is 76.2 Å². The second-order valence-corrected chi connectivity index (χ2v) is 9.43. The molecule has 1 atom stereocenters. The predicted molar refractivity (Wildman–Crippen MR) is 128 cm³/mol. The van der Waals surface area contributed by atoms with Crippen LogP contribution in [0.2, 0.25) is 0 Å². The van der Waals surface area contributed by atoms with E-state index in [1.807, 2.05) is 6.07 Å². The van der Waals surface area contributed by atoms with Crippen LogP contribution in [0.5, 0.6) is 0 Å². The Hall–Kier alpha value is -2.77. The number of rotatable bonds is 4. The average molecular weight is 453 g/mol. The molecule has 0 saturated carbocycles. The van der Waals surface area contributed by atoms with E-state index in [-0.39, 0.29) is 17.7 Å². The fourth-order valence-electron chi connectivity index (χ4n) is 4.36. The summed E-state index contributed by atoms with van der Waals surface area (Å²) in [6, 6.07) is 14.0. The molecule has 0 amide bonds. The van der Waals surface area contributed by atoms with Gasteiger partial charge in [-0.05, 0) is 55.2 Å². The number of fused-ring (bicyclic) bond motifs is 2. The monoisotopic (exact) mass is 452 g/mol. The second kappa shape index (κ2) is 9.00. The molecule has 5 rings (SSSR count). The van der Waals surface area contributed by atoms with Crippen LogP contribution < -0.4 is 10.6 Å². The number of anilines is 2. The van der Waals surface area contributed by atoms with Crippen LogP contribution >= 0.6 is 11.3 Å². The molecular weight excluding hydrogens is 426 g/mol. The molecule has 1 fully saturated rings. The number of aryl methyl sites for hydroxylation is 2. The van der Waals surface area contributed by atoms with Crippen molar-refractivity contribution in [1.82, 2.24) is 10.2 Å². The van der Waals surface area contributed by atoms with Gasteiger partial charge in [-0.25, -0.2) is 13.8 Å². The number of aliphatic imine (C=N–C) groups is 1. The number of hydrogen-bond donors (Lipinski definition) is 2. The number of nitrogens with zero attached hydrogens (tertiary/aromatic N) is 2. The molecule has 2 N–H and O–H groups in total. The Morgan fingerprint density at radius 1 is 1.12 bits per heavy atom. The lowest BCUT2D eigenvalue weighted by atomic mass is 10.0. The predicted octanol–water partition coefficient (Wildman–Crippen LogP) is 5.63. The lowest BCUT2D eigenvalue weighted by Crippen LogP contribution is -2.52. The number of piperazine rings is 1. The Balaban J connectivity index is 1.41. The minimum absolute atomic E-state index is 0.191. The minimum Gasteiger partial charge on any atom is -0.353 e. The van der Waals surface area contributed by atoms with Gasteiger partial charge in [-0.1, -0.05) is 19.1 Å². The maximum absolute atomic E-state index is 14.0. The molecule has 2 aliphatic rings. The average Bonchev–Trinajstić information content (AvgIpc) is 3.14. The summed E-state index contributed by atoms with van der Waals surface area (Å²) in [5.41, 5.74) is 3.53. The quantitative estimate of drug-likeness (QED) is 0.539. The molecule has 32 heavy (non-hydrogen) atoms. The van der Waals surface area contributed by atoms with E-state index < -0.39 is 0 Å². The van der Waals surface area contributed by atoms with Gasteiger partial charge in [0.05, 0.1) is 16.9 Å². The van der Waals surface area contributed by atoms with E-state index in [9.17, 15) is 8.78 Å². The Labute approximate surface area is 191 Å². The summed E-state index contributed by atoms with van der Waals surface area (Å²) in [6.07, 6.45) is 2.68. The molecule has 2 aromatic carbocycles. The summed E-state index contributed by atoms with van der Waals surface area (Å²) in [5.74, 6) is 0.412. The van der Waals surface area contributed by atoms with E-state index in [0.717, 1.165) is 66.5 Å². The van der Waals surface area contributed by atoms with Gasteiger partial charge in [-0.15, -0.1) is 11.3 Å². The second-order valence-electron chi connectivity index (χ2n) is 8.30. The molecule has 0 radical (unpaired) electrons. The molecule has 0 bridgehead atoms. The molecule has 3 heterocycles. The minimum atomic E-state index is -0.290. The third kappa shape index (κ3) is 4.40. The van der Waals surface area contributed by atoms with E-state index in [4.69, 9.17) is 4.99 Å². The molecule has 1 aromatic heterocycles. The van der Waals surface area contributed by atoms with Gasteiger partial charge in [0.15, 0.2) is 0 Å². The molecule has 2 aliphatic heterocycles. The largest absolute Gasteiger partial charge is 0.353 e. The first kappa shape index (κ1) is 21.1. The molecule has 1 saturated heterocycles. The van der Waals surface area contributed by atoms with Gasteiger partial charge >= 0.3 is 0 Å². The van der Waals surface area contributed by atoms with Gasteiger partial charge in [0, 0.05) is 36.6 Å². The number of thiophene rings is 1. The molecule has 4 nitrogen and oxygen atoms in total. The maximum atomic E-state index is 14.0. The fraction of sp³-hybridized carbons (Fsp3) is 0.320. The van der Waals surface area contributed by atoms with E-state index in [1.165, 1.54) is 23.1 Å². The number of amidine groups is 1. The molecular formula is C25H26F2N4S. The van der Waals surface area contributed by atoms with Crippen molar-refractivity contribution >= 4 is 33.5 Å². The number of nitrogens with one attached hydrogen (secondary N) is 2. The van der Waals surface area contributed by atoms with Gasteiger partial charge < -0.3 is 15.5 Å². The van der Waals surface area contributed by atoms with Crippen LogP contribution in [-0.2, 0) is 12.8 Å². The van der Waals surface area contributed by atoms with Crippen LogP contribution in [-0.4, -0.2) is 36.4 Å². The van der Waals surface area contributed by atoms with E-state index in [2.05, 4.69) is 28.5 Å². The SMILES string of the molecule is CCc1cc2c(s1)Nc1ccc(F)cc1N=C2N1CCNC(CCc2cccc(F)c2)C1. The Morgan fingerprint density at radius 3 is 2.84 bits per heavy atom. The number of halogens is 2. The molecule has 7 heteroatoms. The van der Waals surface area contributed by atoms with Crippen molar-refractivity contribution in [3.63, 3.8) is 0 Å². The van der Waals surface area contributed by atoms with Crippen LogP contribution in [0.15, 0.2) is 53.5 Å². The van der Waals surface area contributed by atoms with Crippen LogP contribution in [0.4, 0.5) is 25.2 Å². The van der Waals surface area contributed by atoms with Crippen molar-refractivity contribution in [2.75, 3.05) is 25.0 Å². The van der Waals surface area contributed by atoms with Gasteiger partial charge in [0.25, 0.3) is 0 Å². The highest BCUT2D eigenvalue weighted by Crippen LogP contribution is 2.40. The first-order valence-electron chi connectivity index (χ1n) is 11.1. The zero-order chi connectivity index (χ0) is 22.1. The highest BCUT2D eigenvalue weighted by molar-refractivity contribution is 7.16. The van der Waals surface area contributed by atoms with Gasteiger partial charge in [-0.3, -0.25) is 0 Å². The van der Waals surface area contributed by atoms with Crippen molar-refractivity contribution < 1.29 is 8.78 Å². The van der Waals surface area contributed by atoms with Crippen LogP contribution in [0.25, 0.3) is 0 Å². The van der Waals surface area contributed by atoms with Crippen molar-refractivity contribution in [3.8, 4) is 0 Å². The first-order chi connectivity index (χ1) is 15.6. The Morgan fingerprint density at radius 2 is 2.00 bits per heavy atom. The smallest absolute Gasteiger partial charge is 0.139 e. The molecule has 0 aliphatic carbocycles. The van der Waals surface area contributed by atoms with E-state index in [0.29, 0.717) is 5.69 Å². The summed E-state index contributed by atoms with van der Waals surface area (Å²) < 4.78 is 27.5. The van der Waals surface area contributed by atoms with Crippen LogP contribution in [0.1, 0.15) is 29.3 Å². The number of benzene rings is 2.